The van der Waals surface area contributed by atoms with Crippen LogP contribution < -0.4 is 5.32 Å². The summed E-state index contributed by atoms with van der Waals surface area (Å²) in [4.78, 5) is 2.84. The summed E-state index contributed by atoms with van der Waals surface area (Å²) in [6.07, 6.45) is 9.43. The summed E-state index contributed by atoms with van der Waals surface area (Å²) in [6.45, 7) is 6.06. The first kappa shape index (κ1) is 15.1. The molecular formula is C19H30N2. The van der Waals surface area contributed by atoms with Crippen molar-refractivity contribution in [1.29, 1.82) is 0 Å². The van der Waals surface area contributed by atoms with Gasteiger partial charge in [-0.3, -0.25) is 4.90 Å². The molecule has 0 amide bonds. The van der Waals surface area contributed by atoms with Crippen molar-refractivity contribution in [3.63, 3.8) is 0 Å². The first-order chi connectivity index (χ1) is 10.3. The average Bonchev–Trinajstić information content (AvgIpc) is 3.00. The van der Waals surface area contributed by atoms with Crippen LogP contribution in [0.4, 0.5) is 0 Å². The number of aryl methyl sites for hydroxylation is 1. The Morgan fingerprint density at radius 1 is 1.19 bits per heavy atom. The lowest BCUT2D eigenvalue weighted by atomic mass is 9.90. The van der Waals surface area contributed by atoms with Gasteiger partial charge in [0, 0.05) is 24.7 Å². The lowest BCUT2D eigenvalue weighted by molar-refractivity contribution is 0.0413. The van der Waals surface area contributed by atoms with Crippen LogP contribution in [0.15, 0.2) is 30.3 Å². The number of hydrogen-bond acceptors (Lipinski definition) is 2. The number of piperazine rings is 1. The summed E-state index contributed by atoms with van der Waals surface area (Å²) in [7, 11) is 0. The monoisotopic (exact) mass is 286 g/mol. The van der Waals surface area contributed by atoms with E-state index in [0.717, 1.165) is 0 Å². The lowest BCUT2D eigenvalue weighted by Gasteiger charge is -2.48. The van der Waals surface area contributed by atoms with Gasteiger partial charge in [-0.2, -0.15) is 0 Å². The Morgan fingerprint density at radius 2 is 1.95 bits per heavy atom. The molecule has 1 saturated heterocycles. The van der Waals surface area contributed by atoms with E-state index in [1.165, 1.54) is 70.1 Å². The minimum absolute atomic E-state index is 0.488. The van der Waals surface area contributed by atoms with Gasteiger partial charge in [0.1, 0.15) is 0 Å². The number of benzene rings is 1. The zero-order chi connectivity index (χ0) is 14.5. The molecule has 3 rings (SSSR count). The molecule has 0 bridgehead atoms. The van der Waals surface area contributed by atoms with Crippen LogP contribution in [0.3, 0.4) is 0 Å². The van der Waals surface area contributed by atoms with Gasteiger partial charge in [-0.15, -0.1) is 0 Å². The SMILES string of the molecule is CCC1CN(CCCc2ccccc2)C2(CCCC2)CN1. The molecule has 21 heavy (non-hydrogen) atoms. The molecule has 1 spiro atoms. The fourth-order valence-corrected chi connectivity index (χ4v) is 4.22. The van der Waals surface area contributed by atoms with Gasteiger partial charge in [-0.05, 0) is 44.2 Å². The second-order valence-corrected chi connectivity index (χ2v) is 6.95. The van der Waals surface area contributed by atoms with Crippen molar-refractivity contribution in [1.82, 2.24) is 10.2 Å². The summed E-state index contributed by atoms with van der Waals surface area (Å²) < 4.78 is 0. The third-order valence-corrected chi connectivity index (χ3v) is 5.59. The first-order valence-corrected chi connectivity index (χ1v) is 8.85. The van der Waals surface area contributed by atoms with Crippen molar-refractivity contribution in [2.75, 3.05) is 19.6 Å². The fraction of sp³-hybridized carbons (Fsp3) is 0.684. The van der Waals surface area contributed by atoms with Gasteiger partial charge in [0.25, 0.3) is 0 Å². The van der Waals surface area contributed by atoms with Crippen molar-refractivity contribution in [3.8, 4) is 0 Å². The zero-order valence-corrected chi connectivity index (χ0v) is 13.5. The summed E-state index contributed by atoms with van der Waals surface area (Å²) in [5, 5.41) is 3.80. The standard InChI is InChI=1S/C19H30N2/c1-2-18-15-21(19(16-20-18)12-6-7-13-19)14-8-11-17-9-4-3-5-10-17/h3-5,9-10,18,20H,2,6-8,11-16H2,1H3. The third-order valence-electron chi connectivity index (χ3n) is 5.59. The van der Waals surface area contributed by atoms with Crippen molar-refractivity contribution in [2.24, 2.45) is 0 Å². The molecule has 2 aliphatic rings. The molecule has 116 valence electrons. The van der Waals surface area contributed by atoms with Crippen molar-refractivity contribution >= 4 is 0 Å². The predicted octanol–water partition coefficient (Wildman–Crippen LogP) is 3.62. The topological polar surface area (TPSA) is 15.3 Å². The summed E-state index contributed by atoms with van der Waals surface area (Å²) in [5.41, 5.74) is 1.97. The van der Waals surface area contributed by atoms with Crippen LogP contribution in [0.1, 0.15) is 51.0 Å². The number of hydrogen-bond donors (Lipinski definition) is 1. The normalized spacial score (nSPS) is 25.5. The Labute approximate surface area is 129 Å². The maximum Gasteiger partial charge on any atom is 0.0334 e. The molecule has 2 fully saturated rings. The highest BCUT2D eigenvalue weighted by atomic mass is 15.3. The Balaban J connectivity index is 1.57. The first-order valence-electron chi connectivity index (χ1n) is 8.85. The summed E-state index contributed by atoms with van der Waals surface area (Å²) in [5.74, 6) is 0. The Hall–Kier alpha value is -0.860. The van der Waals surface area contributed by atoms with E-state index in [2.05, 4.69) is 47.5 Å². The molecule has 1 aliphatic carbocycles. The molecular weight excluding hydrogens is 256 g/mol. The van der Waals surface area contributed by atoms with E-state index in [1.807, 2.05) is 0 Å². The van der Waals surface area contributed by atoms with Gasteiger partial charge in [-0.25, -0.2) is 0 Å². The van der Waals surface area contributed by atoms with E-state index in [-0.39, 0.29) is 0 Å². The van der Waals surface area contributed by atoms with Crippen LogP contribution in [0, 0.1) is 0 Å². The van der Waals surface area contributed by atoms with Crippen molar-refractivity contribution in [2.45, 2.75) is 63.5 Å². The van der Waals surface area contributed by atoms with Gasteiger partial charge in [-0.1, -0.05) is 50.1 Å². The molecule has 1 aliphatic heterocycles. The number of nitrogens with zero attached hydrogens (tertiary/aromatic N) is 1. The van der Waals surface area contributed by atoms with E-state index < -0.39 is 0 Å². The largest absolute Gasteiger partial charge is 0.311 e. The average molecular weight is 286 g/mol. The maximum atomic E-state index is 3.80. The minimum Gasteiger partial charge on any atom is -0.311 e. The van der Waals surface area contributed by atoms with Crippen LogP contribution in [-0.4, -0.2) is 36.1 Å². The smallest absolute Gasteiger partial charge is 0.0334 e. The molecule has 0 radical (unpaired) electrons. The van der Waals surface area contributed by atoms with Crippen molar-refractivity contribution < 1.29 is 0 Å². The van der Waals surface area contributed by atoms with E-state index >= 15 is 0 Å². The van der Waals surface area contributed by atoms with E-state index in [4.69, 9.17) is 0 Å². The van der Waals surface area contributed by atoms with Gasteiger partial charge in [0.05, 0.1) is 0 Å². The molecule has 1 aromatic carbocycles. The van der Waals surface area contributed by atoms with Crippen LogP contribution in [0.25, 0.3) is 0 Å². The van der Waals surface area contributed by atoms with Crippen LogP contribution in [-0.2, 0) is 6.42 Å². The molecule has 1 N–H and O–H groups in total. The highest BCUT2D eigenvalue weighted by molar-refractivity contribution is 5.14. The highest BCUT2D eigenvalue weighted by Crippen LogP contribution is 2.37. The fourth-order valence-electron chi connectivity index (χ4n) is 4.22. The molecule has 0 aromatic heterocycles. The third kappa shape index (κ3) is 3.49. The maximum absolute atomic E-state index is 3.80. The van der Waals surface area contributed by atoms with Gasteiger partial charge in [0.15, 0.2) is 0 Å². The van der Waals surface area contributed by atoms with Crippen LogP contribution >= 0.6 is 0 Å². The van der Waals surface area contributed by atoms with E-state index in [0.29, 0.717) is 11.6 Å². The Morgan fingerprint density at radius 3 is 2.67 bits per heavy atom. The van der Waals surface area contributed by atoms with Gasteiger partial charge >= 0.3 is 0 Å². The van der Waals surface area contributed by atoms with E-state index in [1.54, 1.807) is 0 Å². The molecule has 1 unspecified atom stereocenters. The van der Waals surface area contributed by atoms with Crippen LogP contribution in [0.5, 0.6) is 0 Å². The number of rotatable bonds is 5. The molecule has 1 saturated carbocycles. The predicted molar refractivity (Wildman–Crippen MR) is 89.6 cm³/mol. The molecule has 1 heterocycles. The Kier molecular flexibility index (Phi) is 4.97. The molecule has 1 aromatic rings. The summed E-state index contributed by atoms with van der Waals surface area (Å²) in [6, 6.07) is 11.7. The van der Waals surface area contributed by atoms with Gasteiger partial charge in [0.2, 0.25) is 0 Å². The molecule has 2 nitrogen and oxygen atoms in total. The minimum atomic E-state index is 0.488. The van der Waals surface area contributed by atoms with Crippen molar-refractivity contribution in [3.05, 3.63) is 35.9 Å². The van der Waals surface area contributed by atoms with E-state index in [9.17, 15) is 0 Å². The molecule has 2 heteroatoms. The second-order valence-electron chi connectivity index (χ2n) is 6.95. The second kappa shape index (κ2) is 6.93. The lowest BCUT2D eigenvalue weighted by Crippen LogP contribution is -2.63. The van der Waals surface area contributed by atoms with Gasteiger partial charge < -0.3 is 5.32 Å². The van der Waals surface area contributed by atoms with Crippen LogP contribution in [0.2, 0.25) is 0 Å². The number of nitrogens with one attached hydrogen (secondary N) is 1. The highest BCUT2D eigenvalue weighted by Gasteiger charge is 2.42. The Bertz CT molecular complexity index is 422. The summed E-state index contributed by atoms with van der Waals surface area (Å²) >= 11 is 0. The molecule has 1 atom stereocenters. The quantitative estimate of drug-likeness (QED) is 0.889. The zero-order valence-electron chi connectivity index (χ0n) is 13.5.